The van der Waals surface area contributed by atoms with Gasteiger partial charge in [-0.3, -0.25) is 18.6 Å². The molecule has 0 aromatic carbocycles. The number of carbonyl (C=O) groups excluding carboxylic acids is 2. The van der Waals surface area contributed by atoms with Gasteiger partial charge in [0.25, 0.3) is 0 Å². The molecule has 10 heteroatoms. The van der Waals surface area contributed by atoms with Crippen molar-refractivity contribution >= 4 is 19.8 Å². The van der Waals surface area contributed by atoms with Crippen molar-refractivity contribution in [3.63, 3.8) is 0 Å². The van der Waals surface area contributed by atoms with E-state index in [1.165, 1.54) is 6.42 Å². The van der Waals surface area contributed by atoms with Gasteiger partial charge in [0.05, 0.1) is 27.7 Å². The first kappa shape index (κ1) is 55.7. The van der Waals surface area contributed by atoms with E-state index in [9.17, 15) is 19.0 Å². The van der Waals surface area contributed by atoms with Crippen molar-refractivity contribution in [2.45, 2.75) is 142 Å². The summed E-state index contributed by atoms with van der Waals surface area (Å²) in [6.07, 6.45) is 54.8. The number of carbonyl (C=O) groups is 2. The highest BCUT2D eigenvalue weighted by Gasteiger charge is 2.27. The molecule has 9 nitrogen and oxygen atoms in total. The van der Waals surface area contributed by atoms with Gasteiger partial charge in [0.15, 0.2) is 6.10 Å². The lowest BCUT2D eigenvalue weighted by Crippen LogP contribution is -2.37. The lowest BCUT2D eigenvalue weighted by molar-refractivity contribution is -0.870. The van der Waals surface area contributed by atoms with Gasteiger partial charge in [-0.05, 0) is 77.0 Å². The zero-order valence-electron chi connectivity index (χ0n) is 37.4. The second kappa shape index (κ2) is 40.1. The van der Waals surface area contributed by atoms with Crippen LogP contribution in [0.4, 0.5) is 0 Å². The summed E-state index contributed by atoms with van der Waals surface area (Å²) in [7, 11) is 1.42. The predicted molar refractivity (Wildman–Crippen MR) is 247 cm³/mol. The fourth-order valence-electron chi connectivity index (χ4n) is 5.13. The topological polar surface area (TPSA) is 108 Å². The third-order valence-electron chi connectivity index (χ3n) is 8.57. The molecule has 0 aromatic heterocycles. The number of phosphoric ester groups is 1. The minimum absolute atomic E-state index is 0.0149. The number of hydrogen-bond acceptors (Lipinski definition) is 7. The predicted octanol–water partition coefficient (Wildman–Crippen LogP) is 12.7. The molecule has 0 aliphatic heterocycles. The van der Waals surface area contributed by atoms with Gasteiger partial charge in [0, 0.05) is 12.8 Å². The molecule has 334 valence electrons. The van der Waals surface area contributed by atoms with Crippen molar-refractivity contribution in [1.29, 1.82) is 0 Å². The highest BCUT2D eigenvalue weighted by molar-refractivity contribution is 7.47. The van der Waals surface area contributed by atoms with E-state index in [0.29, 0.717) is 23.9 Å². The molecular formula is C49H81NO8P+. The Balaban J connectivity index is 4.31. The van der Waals surface area contributed by atoms with Gasteiger partial charge in [0.1, 0.15) is 19.8 Å². The van der Waals surface area contributed by atoms with Crippen molar-refractivity contribution in [3.05, 3.63) is 109 Å². The zero-order valence-corrected chi connectivity index (χ0v) is 38.3. The molecular weight excluding hydrogens is 762 g/mol. The van der Waals surface area contributed by atoms with E-state index in [1.807, 2.05) is 27.2 Å². The summed E-state index contributed by atoms with van der Waals surface area (Å²) in [6, 6.07) is 0. The van der Waals surface area contributed by atoms with E-state index in [0.717, 1.165) is 89.9 Å². The number of likely N-dealkylation sites (N-methyl/N-ethyl adjacent to an activating group) is 1. The fraction of sp³-hybridized carbons (Fsp3) is 0.592. The minimum atomic E-state index is -4.39. The lowest BCUT2D eigenvalue weighted by atomic mass is 10.1. The number of hydrogen-bond donors (Lipinski definition) is 1. The third-order valence-corrected chi connectivity index (χ3v) is 9.55. The number of unbranched alkanes of at least 4 members (excludes halogenated alkanes) is 6. The van der Waals surface area contributed by atoms with Crippen LogP contribution in [0, 0.1) is 0 Å². The molecule has 2 unspecified atom stereocenters. The monoisotopic (exact) mass is 843 g/mol. The summed E-state index contributed by atoms with van der Waals surface area (Å²) in [4.78, 5) is 35.1. The molecule has 0 spiro atoms. The quantitative estimate of drug-likeness (QED) is 0.0215. The molecule has 0 aliphatic carbocycles. The average molecular weight is 843 g/mol. The van der Waals surface area contributed by atoms with Gasteiger partial charge in [-0.1, -0.05) is 155 Å². The second-order valence-corrected chi connectivity index (χ2v) is 16.8. The van der Waals surface area contributed by atoms with E-state index in [1.54, 1.807) is 0 Å². The SMILES string of the molecule is CC/C=C\C/C=C\C/C=C\C/C=C\C/C=C\C/C=C\C/C=C\C/C=C\C/C=C\CCCC(=O)OC(COC(=O)CCCCCCCC)COP(=O)(O)OCC[N+](C)(C)C. The van der Waals surface area contributed by atoms with Crippen molar-refractivity contribution in [3.8, 4) is 0 Å². The van der Waals surface area contributed by atoms with Crippen molar-refractivity contribution in [1.82, 2.24) is 0 Å². The largest absolute Gasteiger partial charge is 0.472 e. The summed E-state index contributed by atoms with van der Waals surface area (Å²) in [6.45, 7) is 4.13. The molecule has 0 bridgehead atoms. The van der Waals surface area contributed by atoms with Crippen LogP contribution in [-0.2, 0) is 32.7 Å². The molecule has 0 saturated heterocycles. The van der Waals surface area contributed by atoms with Crippen LogP contribution in [0.5, 0.6) is 0 Å². The molecule has 0 rings (SSSR count). The van der Waals surface area contributed by atoms with Gasteiger partial charge in [-0.25, -0.2) is 4.57 Å². The van der Waals surface area contributed by atoms with Crippen LogP contribution >= 0.6 is 7.82 Å². The number of ether oxygens (including phenoxy) is 2. The molecule has 0 saturated carbocycles. The Labute approximate surface area is 359 Å². The molecule has 0 radical (unpaired) electrons. The van der Waals surface area contributed by atoms with Gasteiger partial charge < -0.3 is 18.9 Å². The highest BCUT2D eigenvalue weighted by atomic mass is 31.2. The number of rotatable bonds is 38. The van der Waals surface area contributed by atoms with E-state index >= 15 is 0 Å². The first-order valence-corrected chi connectivity index (χ1v) is 23.6. The molecule has 0 aliphatic rings. The Morgan fingerprint density at radius 1 is 0.542 bits per heavy atom. The van der Waals surface area contributed by atoms with Gasteiger partial charge in [-0.15, -0.1) is 0 Å². The normalized spacial score (nSPS) is 14.6. The Morgan fingerprint density at radius 3 is 1.42 bits per heavy atom. The molecule has 0 aromatic rings. The summed E-state index contributed by atoms with van der Waals surface area (Å²) in [5.74, 6) is -0.891. The fourth-order valence-corrected chi connectivity index (χ4v) is 5.87. The van der Waals surface area contributed by atoms with Crippen LogP contribution in [0.1, 0.15) is 136 Å². The third kappa shape index (κ3) is 44.1. The molecule has 0 heterocycles. The van der Waals surface area contributed by atoms with Crippen molar-refractivity contribution in [2.24, 2.45) is 0 Å². The van der Waals surface area contributed by atoms with Gasteiger partial charge >= 0.3 is 19.8 Å². The standard InChI is InChI=1S/C49H80NO8P/c1-6-8-10-12-14-15-16-17-18-19-20-21-22-23-24-25-26-27-28-29-30-31-32-33-34-35-36-38-40-42-49(52)58-47(45-55-48(51)41-39-37-13-11-9-7-2)46-57-59(53,54)56-44-43-50(3,4)5/h8,10,14-15,17-18,20-21,23-24,26-27,29-30,32-33,35-36,47H,6-7,9,11-13,16,19,22,25,28,31,34,37-46H2,1-5H3/p+1/b10-8-,15-14-,18-17-,21-20-,24-23-,27-26-,30-29-,33-32-,36-35-. The molecule has 1 N–H and O–H groups in total. The number of nitrogens with zero attached hydrogens (tertiary/aromatic N) is 1. The van der Waals surface area contributed by atoms with Crippen LogP contribution in [-0.4, -0.2) is 74.9 Å². The van der Waals surface area contributed by atoms with E-state index < -0.39 is 32.5 Å². The highest BCUT2D eigenvalue weighted by Crippen LogP contribution is 2.43. The van der Waals surface area contributed by atoms with E-state index in [-0.39, 0.29) is 26.1 Å². The lowest BCUT2D eigenvalue weighted by Gasteiger charge is -2.24. The van der Waals surface area contributed by atoms with Crippen LogP contribution < -0.4 is 0 Å². The van der Waals surface area contributed by atoms with Crippen molar-refractivity contribution < 1.29 is 42.1 Å². The Hall–Kier alpha value is -3.33. The molecule has 59 heavy (non-hydrogen) atoms. The maximum absolute atomic E-state index is 12.6. The number of allylic oxidation sites excluding steroid dienone is 18. The van der Waals surface area contributed by atoms with E-state index in [4.69, 9.17) is 18.5 Å². The van der Waals surface area contributed by atoms with Crippen LogP contribution in [0.25, 0.3) is 0 Å². The number of quaternary nitrogens is 1. The van der Waals surface area contributed by atoms with Gasteiger partial charge in [0.2, 0.25) is 0 Å². The zero-order chi connectivity index (χ0) is 43.6. The smallest absolute Gasteiger partial charge is 0.462 e. The number of phosphoric acid groups is 1. The molecule has 0 amide bonds. The summed E-state index contributed by atoms with van der Waals surface area (Å²) >= 11 is 0. The first-order chi connectivity index (χ1) is 28.5. The Bertz CT molecular complexity index is 1370. The van der Waals surface area contributed by atoms with Gasteiger partial charge in [-0.2, -0.15) is 0 Å². The number of esters is 2. The van der Waals surface area contributed by atoms with Crippen molar-refractivity contribution in [2.75, 3.05) is 47.5 Å². The summed E-state index contributed by atoms with van der Waals surface area (Å²) < 4.78 is 34.0. The Morgan fingerprint density at radius 2 is 0.966 bits per heavy atom. The maximum atomic E-state index is 12.6. The Kier molecular flexibility index (Phi) is 37.8. The van der Waals surface area contributed by atoms with E-state index in [2.05, 4.69) is 117 Å². The van der Waals surface area contributed by atoms with Crippen LogP contribution in [0.15, 0.2) is 109 Å². The average Bonchev–Trinajstić information content (AvgIpc) is 3.19. The minimum Gasteiger partial charge on any atom is -0.462 e. The molecule has 0 fully saturated rings. The first-order valence-electron chi connectivity index (χ1n) is 22.1. The molecule has 2 atom stereocenters. The summed E-state index contributed by atoms with van der Waals surface area (Å²) in [5, 5.41) is 0. The second-order valence-electron chi connectivity index (χ2n) is 15.4. The van der Waals surface area contributed by atoms with Crippen LogP contribution in [0.3, 0.4) is 0 Å². The summed E-state index contributed by atoms with van der Waals surface area (Å²) in [5.41, 5.74) is 0. The maximum Gasteiger partial charge on any atom is 0.472 e. The van der Waals surface area contributed by atoms with Crippen LogP contribution in [0.2, 0.25) is 0 Å².